The van der Waals surface area contributed by atoms with Gasteiger partial charge in [0.1, 0.15) is 0 Å². The molecule has 0 saturated carbocycles. The van der Waals surface area contributed by atoms with Crippen LogP contribution in [0.3, 0.4) is 0 Å². The molecule has 2 unspecified atom stereocenters. The maximum absolute atomic E-state index is 6.67. The van der Waals surface area contributed by atoms with Crippen LogP contribution in [0.2, 0.25) is 0 Å². The van der Waals surface area contributed by atoms with Gasteiger partial charge in [-0.25, -0.2) is 0 Å². The topological polar surface area (TPSA) is 0 Å². The average molecular weight is 205 g/mol. The SMILES string of the molecule is CCC(C)C(C)(Cl)C(C)(C)C(C)C. The zero-order valence-corrected chi connectivity index (χ0v) is 11.0. The summed E-state index contributed by atoms with van der Waals surface area (Å²) in [4.78, 5) is -0.101. The Labute approximate surface area is 89.1 Å². The second-order valence-corrected chi connectivity index (χ2v) is 6.05. The van der Waals surface area contributed by atoms with E-state index in [2.05, 4.69) is 48.5 Å². The Bertz CT molecular complexity index is 157. The Morgan fingerprint density at radius 2 is 1.46 bits per heavy atom. The van der Waals surface area contributed by atoms with Gasteiger partial charge < -0.3 is 0 Å². The molecule has 0 heterocycles. The van der Waals surface area contributed by atoms with Gasteiger partial charge in [0.2, 0.25) is 0 Å². The molecule has 0 spiro atoms. The molecule has 0 aliphatic carbocycles. The normalized spacial score (nSPS) is 20.1. The predicted molar refractivity (Wildman–Crippen MR) is 62.3 cm³/mol. The van der Waals surface area contributed by atoms with Crippen molar-refractivity contribution < 1.29 is 0 Å². The Kier molecular flexibility index (Phi) is 4.30. The van der Waals surface area contributed by atoms with Crippen molar-refractivity contribution in [3.63, 3.8) is 0 Å². The molecular formula is C12H25Cl. The van der Waals surface area contributed by atoms with Crippen LogP contribution >= 0.6 is 11.6 Å². The highest BCUT2D eigenvalue weighted by Crippen LogP contribution is 2.47. The lowest BCUT2D eigenvalue weighted by atomic mass is 9.66. The van der Waals surface area contributed by atoms with Crippen molar-refractivity contribution in [2.24, 2.45) is 17.3 Å². The molecule has 0 aromatic heterocycles. The van der Waals surface area contributed by atoms with Crippen molar-refractivity contribution >= 4 is 11.6 Å². The minimum Gasteiger partial charge on any atom is -0.119 e. The molecule has 0 aromatic carbocycles. The molecule has 0 aliphatic heterocycles. The van der Waals surface area contributed by atoms with Gasteiger partial charge in [0.05, 0.1) is 0 Å². The van der Waals surface area contributed by atoms with Gasteiger partial charge in [-0.05, 0) is 24.2 Å². The summed E-state index contributed by atoms with van der Waals surface area (Å²) in [5.74, 6) is 1.18. The standard InChI is InChI=1S/C12H25Cl/c1-8-10(4)12(7,13)11(5,6)9(2)3/h9-10H,8H2,1-7H3. The van der Waals surface area contributed by atoms with Crippen molar-refractivity contribution in [1.29, 1.82) is 0 Å². The highest BCUT2D eigenvalue weighted by molar-refractivity contribution is 6.24. The van der Waals surface area contributed by atoms with Gasteiger partial charge in [-0.1, -0.05) is 48.0 Å². The van der Waals surface area contributed by atoms with Crippen LogP contribution in [0, 0.1) is 17.3 Å². The highest BCUT2D eigenvalue weighted by Gasteiger charge is 2.44. The summed E-state index contributed by atoms with van der Waals surface area (Å²) in [6, 6.07) is 0. The zero-order valence-electron chi connectivity index (χ0n) is 10.2. The number of hydrogen-bond donors (Lipinski definition) is 0. The number of hydrogen-bond acceptors (Lipinski definition) is 0. The van der Waals surface area contributed by atoms with E-state index in [4.69, 9.17) is 11.6 Å². The van der Waals surface area contributed by atoms with E-state index in [1.807, 2.05) is 0 Å². The summed E-state index contributed by atoms with van der Waals surface area (Å²) in [5.41, 5.74) is 0.185. The van der Waals surface area contributed by atoms with Crippen LogP contribution < -0.4 is 0 Å². The third-order valence-corrected chi connectivity index (χ3v) is 5.10. The lowest BCUT2D eigenvalue weighted by molar-refractivity contribution is 0.129. The zero-order chi connectivity index (χ0) is 10.9. The molecule has 0 rings (SSSR count). The first-order chi connectivity index (χ1) is 5.67. The maximum Gasteiger partial charge on any atom is 0.0497 e. The van der Waals surface area contributed by atoms with E-state index in [1.54, 1.807) is 0 Å². The van der Waals surface area contributed by atoms with Crippen LogP contribution in [0.15, 0.2) is 0 Å². The van der Waals surface area contributed by atoms with Crippen molar-refractivity contribution in [3.05, 3.63) is 0 Å². The monoisotopic (exact) mass is 204 g/mol. The summed E-state index contributed by atoms with van der Waals surface area (Å²) in [5, 5.41) is 0. The van der Waals surface area contributed by atoms with E-state index in [9.17, 15) is 0 Å². The van der Waals surface area contributed by atoms with Gasteiger partial charge in [-0.3, -0.25) is 0 Å². The quantitative estimate of drug-likeness (QED) is 0.582. The minimum absolute atomic E-state index is 0.101. The number of halogens is 1. The van der Waals surface area contributed by atoms with Crippen LogP contribution in [-0.4, -0.2) is 4.87 Å². The third kappa shape index (κ3) is 2.40. The molecule has 13 heavy (non-hydrogen) atoms. The largest absolute Gasteiger partial charge is 0.119 e. The van der Waals surface area contributed by atoms with Crippen molar-refractivity contribution in [2.45, 2.75) is 59.8 Å². The van der Waals surface area contributed by atoms with E-state index < -0.39 is 0 Å². The van der Waals surface area contributed by atoms with Gasteiger partial charge in [-0.15, -0.1) is 11.6 Å². The van der Waals surface area contributed by atoms with Gasteiger partial charge >= 0.3 is 0 Å². The highest BCUT2D eigenvalue weighted by atomic mass is 35.5. The molecule has 0 bridgehead atoms. The molecule has 0 aliphatic rings. The second-order valence-electron chi connectivity index (χ2n) is 5.26. The molecule has 0 saturated heterocycles. The second kappa shape index (κ2) is 4.21. The van der Waals surface area contributed by atoms with Crippen LogP contribution in [0.1, 0.15) is 54.9 Å². The molecule has 0 fully saturated rings. The molecule has 2 atom stereocenters. The molecule has 0 N–H and O–H groups in total. The molecule has 1 heteroatoms. The van der Waals surface area contributed by atoms with Crippen LogP contribution in [0.5, 0.6) is 0 Å². The Balaban J connectivity index is 4.80. The fourth-order valence-electron chi connectivity index (χ4n) is 1.58. The fourth-order valence-corrected chi connectivity index (χ4v) is 1.96. The van der Waals surface area contributed by atoms with Gasteiger partial charge in [0, 0.05) is 4.87 Å². The number of rotatable bonds is 4. The van der Waals surface area contributed by atoms with E-state index >= 15 is 0 Å². The molecule has 0 nitrogen and oxygen atoms in total. The lowest BCUT2D eigenvalue weighted by Gasteiger charge is -2.46. The first-order valence-electron chi connectivity index (χ1n) is 5.36. The summed E-state index contributed by atoms with van der Waals surface area (Å²) >= 11 is 6.67. The van der Waals surface area contributed by atoms with Crippen molar-refractivity contribution in [3.8, 4) is 0 Å². The summed E-state index contributed by atoms with van der Waals surface area (Å²) in [7, 11) is 0. The van der Waals surface area contributed by atoms with Crippen molar-refractivity contribution in [1.82, 2.24) is 0 Å². The first kappa shape index (κ1) is 13.3. The van der Waals surface area contributed by atoms with Gasteiger partial charge in [-0.2, -0.15) is 0 Å². The van der Waals surface area contributed by atoms with E-state index in [0.29, 0.717) is 11.8 Å². The van der Waals surface area contributed by atoms with E-state index in [-0.39, 0.29) is 10.3 Å². The Morgan fingerprint density at radius 3 is 1.69 bits per heavy atom. The van der Waals surface area contributed by atoms with Gasteiger partial charge in [0.15, 0.2) is 0 Å². The van der Waals surface area contributed by atoms with Crippen LogP contribution in [0.4, 0.5) is 0 Å². The molecule has 0 radical (unpaired) electrons. The minimum atomic E-state index is -0.101. The summed E-state index contributed by atoms with van der Waals surface area (Å²) in [6.07, 6.45) is 1.15. The third-order valence-electron chi connectivity index (χ3n) is 4.24. The summed E-state index contributed by atoms with van der Waals surface area (Å²) < 4.78 is 0. The van der Waals surface area contributed by atoms with Gasteiger partial charge in [0.25, 0.3) is 0 Å². The smallest absolute Gasteiger partial charge is 0.0497 e. The molecule has 0 aromatic rings. The molecular weight excluding hydrogens is 180 g/mol. The Hall–Kier alpha value is 0.290. The summed E-state index contributed by atoms with van der Waals surface area (Å²) in [6.45, 7) is 15.7. The van der Waals surface area contributed by atoms with Crippen LogP contribution in [0.25, 0.3) is 0 Å². The average Bonchev–Trinajstić information content (AvgIpc) is 2.02. The maximum atomic E-state index is 6.67. The van der Waals surface area contributed by atoms with Crippen molar-refractivity contribution in [2.75, 3.05) is 0 Å². The fraction of sp³-hybridized carbons (Fsp3) is 1.00. The molecule has 80 valence electrons. The first-order valence-corrected chi connectivity index (χ1v) is 5.74. The predicted octanol–water partition coefficient (Wildman–Crippen LogP) is 4.71. The van der Waals surface area contributed by atoms with E-state index in [1.165, 1.54) is 0 Å². The lowest BCUT2D eigenvalue weighted by Crippen LogP contribution is -2.45. The molecule has 0 amide bonds. The van der Waals surface area contributed by atoms with E-state index in [0.717, 1.165) is 6.42 Å². The Morgan fingerprint density at radius 1 is 1.08 bits per heavy atom. The van der Waals surface area contributed by atoms with Crippen LogP contribution in [-0.2, 0) is 0 Å². The number of alkyl halides is 1.